The van der Waals surface area contributed by atoms with Crippen molar-refractivity contribution in [1.29, 1.82) is 0 Å². The van der Waals surface area contributed by atoms with Gasteiger partial charge in [-0.15, -0.1) is 0 Å². The summed E-state index contributed by atoms with van der Waals surface area (Å²) in [6.07, 6.45) is -0.445. The standard InChI is InChI=1S/C22H26FN3O3/c1-14-20(24)25-18-11-16(7-10-19(18)28-14)13-26(21(27)29-22(2,3)4)12-15-5-8-17(23)9-6-15/h5-11,25H,12-13,24H2,1-4H3. The third-order valence-corrected chi connectivity index (χ3v) is 4.27. The molecule has 0 spiro atoms. The quantitative estimate of drug-likeness (QED) is 0.778. The van der Waals surface area contributed by atoms with Crippen molar-refractivity contribution >= 4 is 11.8 Å². The molecule has 2 aromatic carbocycles. The lowest BCUT2D eigenvalue weighted by molar-refractivity contribution is 0.0216. The van der Waals surface area contributed by atoms with E-state index in [4.69, 9.17) is 15.2 Å². The van der Waals surface area contributed by atoms with Crippen molar-refractivity contribution in [3.63, 3.8) is 0 Å². The number of fused-ring (bicyclic) bond motifs is 1. The second-order valence-electron chi connectivity index (χ2n) is 7.99. The highest BCUT2D eigenvalue weighted by molar-refractivity contribution is 5.69. The third-order valence-electron chi connectivity index (χ3n) is 4.27. The normalized spacial score (nSPS) is 13.3. The van der Waals surface area contributed by atoms with Crippen LogP contribution in [0.5, 0.6) is 5.75 Å². The van der Waals surface area contributed by atoms with Crippen LogP contribution in [0, 0.1) is 5.82 Å². The van der Waals surface area contributed by atoms with Gasteiger partial charge in [0.2, 0.25) is 0 Å². The van der Waals surface area contributed by atoms with E-state index in [1.54, 1.807) is 24.0 Å². The summed E-state index contributed by atoms with van der Waals surface area (Å²) in [5, 5.41) is 3.10. The zero-order valence-corrected chi connectivity index (χ0v) is 17.1. The summed E-state index contributed by atoms with van der Waals surface area (Å²) < 4.78 is 24.5. The largest absolute Gasteiger partial charge is 0.456 e. The van der Waals surface area contributed by atoms with Crippen molar-refractivity contribution in [1.82, 2.24) is 4.90 Å². The van der Waals surface area contributed by atoms with Crippen LogP contribution >= 0.6 is 0 Å². The smallest absolute Gasteiger partial charge is 0.410 e. The van der Waals surface area contributed by atoms with Crippen LogP contribution in [0.4, 0.5) is 14.9 Å². The van der Waals surface area contributed by atoms with Crippen LogP contribution in [-0.4, -0.2) is 16.6 Å². The molecule has 0 radical (unpaired) electrons. The molecule has 1 heterocycles. The number of amides is 1. The molecule has 154 valence electrons. The van der Waals surface area contributed by atoms with Gasteiger partial charge in [0.05, 0.1) is 5.69 Å². The van der Waals surface area contributed by atoms with Gasteiger partial charge < -0.3 is 20.5 Å². The van der Waals surface area contributed by atoms with Gasteiger partial charge in [-0.05, 0) is 63.1 Å². The minimum atomic E-state index is -0.625. The van der Waals surface area contributed by atoms with E-state index in [1.807, 2.05) is 39.0 Å². The van der Waals surface area contributed by atoms with Gasteiger partial charge in [0, 0.05) is 13.1 Å². The molecule has 0 aromatic heterocycles. The van der Waals surface area contributed by atoms with Gasteiger partial charge in [-0.1, -0.05) is 18.2 Å². The number of nitrogens with zero attached hydrogens (tertiary/aromatic N) is 1. The van der Waals surface area contributed by atoms with Crippen LogP contribution < -0.4 is 15.8 Å². The van der Waals surface area contributed by atoms with Crippen LogP contribution in [-0.2, 0) is 17.8 Å². The molecule has 0 unspecified atom stereocenters. The Morgan fingerprint density at radius 3 is 2.41 bits per heavy atom. The van der Waals surface area contributed by atoms with Crippen molar-refractivity contribution in [3.8, 4) is 5.75 Å². The molecule has 7 heteroatoms. The molecule has 0 atom stereocenters. The zero-order valence-electron chi connectivity index (χ0n) is 17.1. The number of hydrogen-bond acceptors (Lipinski definition) is 5. The number of hydrogen-bond donors (Lipinski definition) is 2. The van der Waals surface area contributed by atoms with Gasteiger partial charge in [0.1, 0.15) is 23.0 Å². The molecule has 3 N–H and O–H groups in total. The highest BCUT2D eigenvalue weighted by Crippen LogP contribution is 2.32. The van der Waals surface area contributed by atoms with E-state index in [0.717, 1.165) is 16.8 Å². The molecule has 29 heavy (non-hydrogen) atoms. The number of nitrogens with two attached hydrogens (primary N) is 1. The summed E-state index contributed by atoms with van der Waals surface area (Å²) in [6, 6.07) is 11.7. The monoisotopic (exact) mass is 399 g/mol. The molecule has 1 amide bonds. The number of carbonyl (C=O) groups is 1. The number of allylic oxidation sites excluding steroid dienone is 1. The van der Waals surface area contributed by atoms with Crippen molar-refractivity contribution in [2.24, 2.45) is 5.73 Å². The maximum absolute atomic E-state index is 13.2. The predicted molar refractivity (Wildman–Crippen MR) is 109 cm³/mol. The molecule has 3 rings (SSSR count). The Balaban J connectivity index is 1.82. The molecule has 0 fully saturated rings. The fraction of sp³-hybridized carbons (Fsp3) is 0.318. The number of anilines is 1. The summed E-state index contributed by atoms with van der Waals surface area (Å²) in [5.41, 5.74) is 7.69. The topological polar surface area (TPSA) is 76.8 Å². The molecular formula is C22H26FN3O3. The third kappa shape index (κ3) is 5.40. The summed E-state index contributed by atoms with van der Waals surface area (Å²) in [6.45, 7) is 7.84. The highest BCUT2D eigenvalue weighted by atomic mass is 19.1. The van der Waals surface area contributed by atoms with Gasteiger partial charge in [-0.2, -0.15) is 0 Å². The fourth-order valence-electron chi connectivity index (χ4n) is 2.86. The van der Waals surface area contributed by atoms with Crippen molar-refractivity contribution < 1.29 is 18.7 Å². The lowest BCUT2D eigenvalue weighted by Gasteiger charge is -2.28. The van der Waals surface area contributed by atoms with E-state index in [9.17, 15) is 9.18 Å². The average molecular weight is 399 g/mol. The minimum absolute atomic E-state index is 0.289. The first-order valence-corrected chi connectivity index (χ1v) is 9.37. The molecule has 0 bridgehead atoms. The van der Waals surface area contributed by atoms with E-state index in [-0.39, 0.29) is 12.4 Å². The molecule has 0 saturated heterocycles. The second-order valence-corrected chi connectivity index (χ2v) is 7.99. The number of carbonyl (C=O) groups excluding carboxylic acids is 1. The average Bonchev–Trinajstić information content (AvgIpc) is 2.62. The number of rotatable bonds is 4. The lowest BCUT2D eigenvalue weighted by atomic mass is 10.1. The maximum atomic E-state index is 13.2. The summed E-state index contributed by atoms with van der Waals surface area (Å²) in [7, 11) is 0. The number of ether oxygens (including phenoxy) is 2. The van der Waals surface area contributed by atoms with E-state index in [1.165, 1.54) is 12.1 Å². The zero-order chi connectivity index (χ0) is 21.2. The van der Waals surface area contributed by atoms with Crippen molar-refractivity contribution in [2.75, 3.05) is 5.32 Å². The lowest BCUT2D eigenvalue weighted by Crippen LogP contribution is -2.36. The van der Waals surface area contributed by atoms with Crippen LogP contribution in [0.25, 0.3) is 0 Å². The Morgan fingerprint density at radius 1 is 1.14 bits per heavy atom. The van der Waals surface area contributed by atoms with Crippen LogP contribution in [0.2, 0.25) is 0 Å². The second kappa shape index (κ2) is 8.03. The van der Waals surface area contributed by atoms with Gasteiger partial charge in [-0.3, -0.25) is 4.90 Å². The molecule has 1 aliphatic rings. The van der Waals surface area contributed by atoms with E-state index >= 15 is 0 Å². The molecular weight excluding hydrogens is 373 g/mol. The van der Waals surface area contributed by atoms with Gasteiger partial charge in [0.15, 0.2) is 5.75 Å². The highest BCUT2D eigenvalue weighted by Gasteiger charge is 2.23. The van der Waals surface area contributed by atoms with Crippen LogP contribution in [0.3, 0.4) is 0 Å². The van der Waals surface area contributed by atoms with Crippen molar-refractivity contribution in [3.05, 3.63) is 71.0 Å². The summed E-state index contributed by atoms with van der Waals surface area (Å²) >= 11 is 0. The Bertz CT molecular complexity index is 933. The summed E-state index contributed by atoms with van der Waals surface area (Å²) in [4.78, 5) is 14.4. The van der Waals surface area contributed by atoms with E-state index in [0.29, 0.717) is 23.9 Å². The maximum Gasteiger partial charge on any atom is 0.410 e. The minimum Gasteiger partial charge on any atom is -0.456 e. The first-order valence-electron chi connectivity index (χ1n) is 9.37. The predicted octanol–water partition coefficient (Wildman–Crippen LogP) is 4.72. The SMILES string of the molecule is CC1=C(N)Nc2cc(CN(Cc3ccc(F)cc3)C(=O)OC(C)(C)C)ccc2O1. The number of benzene rings is 2. The fourth-order valence-corrected chi connectivity index (χ4v) is 2.86. The number of nitrogens with one attached hydrogen (secondary N) is 1. The Kier molecular flexibility index (Phi) is 5.68. The van der Waals surface area contributed by atoms with Crippen LogP contribution in [0.15, 0.2) is 54.0 Å². The van der Waals surface area contributed by atoms with Crippen LogP contribution in [0.1, 0.15) is 38.8 Å². The molecule has 1 aliphatic heterocycles. The first kappa shape index (κ1) is 20.5. The Hall–Kier alpha value is -3.22. The van der Waals surface area contributed by atoms with Gasteiger partial charge in [0.25, 0.3) is 0 Å². The van der Waals surface area contributed by atoms with E-state index < -0.39 is 11.7 Å². The molecule has 0 aliphatic carbocycles. The number of halogens is 1. The van der Waals surface area contributed by atoms with E-state index in [2.05, 4.69) is 5.32 Å². The van der Waals surface area contributed by atoms with Gasteiger partial charge in [-0.25, -0.2) is 9.18 Å². The molecule has 6 nitrogen and oxygen atoms in total. The summed E-state index contributed by atoms with van der Waals surface area (Å²) in [5.74, 6) is 1.41. The molecule has 2 aromatic rings. The molecule has 0 saturated carbocycles. The van der Waals surface area contributed by atoms with Crippen molar-refractivity contribution in [2.45, 2.75) is 46.4 Å². The van der Waals surface area contributed by atoms with Gasteiger partial charge >= 0.3 is 6.09 Å². The first-order chi connectivity index (χ1) is 13.6. The Labute approximate surface area is 170 Å². The Morgan fingerprint density at radius 2 is 1.76 bits per heavy atom.